The number of hydrogen-bond donors (Lipinski definition) is 2. The molecule has 11 heteroatoms. The normalized spacial score (nSPS) is 11.9. The number of hydrogen-bond acceptors (Lipinski definition) is 6. The van der Waals surface area contributed by atoms with E-state index < -0.39 is 23.0 Å². The molecule has 0 radical (unpaired) electrons. The maximum atomic E-state index is 13.8. The van der Waals surface area contributed by atoms with Crippen molar-refractivity contribution < 1.29 is 22.6 Å². The van der Waals surface area contributed by atoms with E-state index in [9.17, 15) is 22.8 Å². The van der Waals surface area contributed by atoms with E-state index in [0.717, 1.165) is 17.4 Å². The average molecular weight is 423 g/mol. The quantitative estimate of drug-likeness (QED) is 0.526. The standard InChI is InChI=1S/C18H12F3N3O4S/c1-27-10-4-3-7(5-11(10)28-2)9-6-8(18(19,20)21)12-13-14(29-16(12)22-9)15(25)24-17(26)23-13/h3-6H,1-2H3,(H2,23,24,25,26). The van der Waals surface area contributed by atoms with Crippen LogP contribution in [0.1, 0.15) is 5.56 Å². The Kier molecular flexibility index (Phi) is 4.34. The van der Waals surface area contributed by atoms with Crippen molar-refractivity contribution in [2.24, 2.45) is 0 Å². The zero-order valence-electron chi connectivity index (χ0n) is 14.9. The molecule has 0 bridgehead atoms. The molecule has 150 valence electrons. The van der Waals surface area contributed by atoms with Gasteiger partial charge in [-0.25, -0.2) is 9.78 Å². The Morgan fingerprint density at radius 1 is 1.03 bits per heavy atom. The number of methoxy groups -OCH3 is 2. The number of pyridine rings is 1. The van der Waals surface area contributed by atoms with E-state index in [-0.39, 0.29) is 26.1 Å². The number of thiophene rings is 1. The lowest BCUT2D eigenvalue weighted by Crippen LogP contribution is -2.20. The summed E-state index contributed by atoms with van der Waals surface area (Å²) in [5.74, 6) is 0.747. The number of nitrogens with one attached hydrogen (secondary N) is 2. The van der Waals surface area contributed by atoms with Gasteiger partial charge in [0.2, 0.25) is 0 Å². The molecule has 0 unspecified atom stereocenters. The summed E-state index contributed by atoms with van der Waals surface area (Å²) >= 11 is 0.773. The maximum Gasteiger partial charge on any atom is 0.417 e. The second-order valence-electron chi connectivity index (χ2n) is 6.02. The minimum atomic E-state index is -4.74. The van der Waals surface area contributed by atoms with Gasteiger partial charge in [0.1, 0.15) is 9.53 Å². The van der Waals surface area contributed by atoms with E-state index in [1.165, 1.54) is 20.3 Å². The van der Waals surface area contributed by atoms with Crippen LogP contribution in [-0.4, -0.2) is 29.2 Å². The molecule has 0 spiro atoms. The number of aromatic nitrogens is 3. The van der Waals surface area contributed by atoms with Crippen molar-refractivity contribution in [1.29, 1.82) is 0 Å². The fourth-order valence-corrected chi connectivity index (χ4v) is 4.10. The highest BCUT2D eigenvalue weighted by Gasteiger charge is 2.35. The lowest BCUT2D eigenvalue weighted by molar-refractivity contribution is -0.136. The van der Waals surface area contributed by atoms with Crippen LogP contribution >= 0.6 is 11.3 Å². The van der Waals surface area contributed by atoms with E-state index >= 15 is 0 Å². The van der Waals surface area contributed by atoms with Crippen molar-refractivity contribution in [2.75, 3.05) is 14.2 Å². The second kappa shape index (κ2) is 6.62. The van der Waals surface area contributed by atoms with Crippen molar-refractivity contribution in [3.8, 4) is 22.8 Å². The van der Waals surface area contributed by atoms with Crippen LogP contribution in [0, 0.1) is 0 Å². The van der Waals surface area contributed by atoms with E-state index in [0.29, 0.717) is 17.1 Å². The summed E-state index contributed by atoms with van der Waals surface area (Å²) in [4.78, 5) is 32.2. The number of benzene rings is 1. The number of nitrogens with zero attached hydrogens (tertiary/aromatic N) is 1. The lowest BCUT2D eigenvalue weighted by atomic mass is 10.1. The number of alkyl halides is 3. The van der Waals surface area contributed by atoms with Crippen LogP contribution in [0.25, 0.3) is 31.7 Å². The highest BCUT2D eigenvalue weighted by Crippen LogP contribution is 2.42. The van der Waals surface area contributed by atoms with Gasteiger partial charge in [0.05, 0.1) is 31.0 Å². The number of halogens is 3. The smallest absolute Gasteiger partial charge is 0.417 e. The molecule has 4 aromatic rings. The predicted octanol–water partition coefficient (Wildman–Crippen LogP) is 3.53. The van der Waals surface area contributed by atoms with Gasteiger partial charge >= 0.3 is 11.9 Å². The minimum Gasteiger partial charge on any atom is -0.493 e. The predicted molar refractivity (Wildman–Crippen MR) is 102 cm³/mol. The monoisotopic (exact) mass is 423 g/mol. The number of H-pyrrole nitrogens is 2. The Bertz CT molecular complexity index is 1370. The first-order valence-electron chi connectivity index (χ1n) is 8.12. The fraction of sp³-hybridized carbons (Fsp3) is 0.167. The van der Waals surface area contributed by atoms with Crippen molar-refractivity contribution in [1.82, 2.24) is 15.0 Å². The van der Waals surface area contributed by atoms with Crippen molar-refractivity contribution in [3.05, 3.63) is 50.7 Å². The van der Waals surface area contributed by atoms with Gasteiger partial charge in [-0.05, 0) is 24.3 Å². The molecule has 0 aliphatic rings. The molecule has 2 N–H and O–H groups in total. The molecule has 0 aliphatic heterocycles. The third kappa shape index (κ3) is 3.12. The molecule has 0 saturated heterocycles. The Hall–Kier alpha value is -3.34. The summed E-state index contributed by atoms with van der Waals surface area (Å²) in [6, 6.07) is 5.50. The summed E-state index contributed by atoms with van der Waals surface area (Å²) < 4.78 is 51.8. The SMILES string of the molecule is COc1ccc(-c2cc(C(F)(F)F)c3c(n2)sc2c(=O)[nH]c(=O)[nH]c23)cc1OC. The summed E-state index contributed by atoms with van der Waals surface area (Å²) in [5, 5.41) is -0.315. The van der Waals surface area contributed by atoms with Gasteiger partial charge in [-0.2, -0.15) is 13.2 Å². The first-order valence-corrected chi connectivity index (χ1v) is 8.94. The fourth-order valence-electron chi connectivity index (χ4n) is 3.05. The van der Waals surface area contributed by atoms with Crippen LogP contribution < -0.4 is 20.7 Å². The van der Waals surface area contributed by atoms with Gasteiger partial charge in [0.25, 0.3) is 5.56 Å². The van der Waals surface area contributed by atoms with Gasteiger partial charge in [0.15, 0.2) is 11.5 Å². The van der Waals surface area contributed by atoms with Crippen molar-refractivity contribution in [3.63, 3.8) is 0 Å². The van der Waals surface area contributed by atoms with Crippen LogP contribution in [0.4, 0.5) is 13.2 Å². The molecule has 0 saturated carbocycles. The van der Waals surface area contributed by atoms with E-state index in [2.05, 4.69) is 9.97 Å². The van der Waals surface area contributed by atoms with Crippen LogP contribution in [-0.2, 0) is 6.18 Å². The number of rotatable bonds is 3. The summed E-state index contributed by atoms with van der Waals surface area (Å²) in [6.07, 6.45) is -4.74. The minimum absolute atomic E-state index is 0.0213. The van der Waals surface area contributed by atoms with Gasteiger partial charge in [-0.15, -0.1) is 11.3 Å². The zero-order chi connectivity index (χ0) is 20.9. The maximum absolute atomic E-state index is 13.8. The lowest BCUT2D eigenvalue weighted by Gasteiger charge is -2.12. The van der Waals surface area contributed by atoms with Crippen molar-refractivity contribution in [2.45, 2.75) is 6.18 Å². The van der Waals surface area contributed by atoms with Gasteiger partial charge in [0, 0.05) is 10.9 Å². The molecule has 29 heavy (non-hydrogen) atoms. The van der Waals surface area contributed by atoms with Crippen LogP contribution in [0.2, 0.25) is 0 Å². The molecule has 0 atom stereocenters. The van der Waals surface area contributed by atoms with Crippen LogP contribution in [0.15, 0.2) is 33.9 Å². The average Bonchev–Trinajstić information content (AvgIpc) is 3.04. The molecular weight excluding hydrogens is 411 g/mol. The van der Waals surface area contributed by atoms with Crippen LogP contribution in [0.5, 0.6) is 11.5 Å². The van der Waals surface area contributed by atoms with Crippen LogP contribution in [0.3, 0.4) is 0 Å². The molecule has 0 amide bonds. The number of aromatic amines is 2. The molecule has 3 aromatic heterocycles. The summed E-state index contributed by atoms with van der Waals surface area (Å²) in [7, 11) is 2.85. The second-order valence-corrected chi connectivity index (χ2v) is 7.02. The Labute approximate surface area is 163 Å². The van der Waals surface area contributed by atoms with Gasteiger partial charge in [-0.1, -0.05) is 0 Å². The number of fused-ring (bicyclic) bond motifs is 3. The first-order chi connectivity index (χ1) is 13.7. The van der Waals surface area contributed by atoms with Gasteiger partial charge < -0.3 is 14.5 Å². The third-order valence-corrected chi connectivity index (χ3v) is 5.40. The molecule has 1 aromatic carbocycles. The van der Waals surface area contributed by atoms with E-state index in [1.807, 2.05) is 4.98 Å². The molecular formula is C18H12F3N3O4S. The molecule has 4 rings (SSSR count). The highest BCUT2D eigenvalue weighted by atomic mass is 32.1. The first kappa shape index (κ1) is 19.0. The van der Waals surface area contributed by atoms with E-state index in [1.54, 1.807) is 12.1 Å². The van der Waals surface area contributed by atoms with E-state index in [4.69, 9.17) is 9.47 Å². The Morgan fingerprint density at radius 3 is 2.41 bits per heavy atom. The Balaban J connectivity index is 2.08. The number of ether oxygens (including phenoxy) is 2. The van der Waals surface area contributed by atoms with Crippen molar-refractivity contribution >= 4 is 31.8 Å². The highest BCUT2D eigenvalue weighted by molar-refractivity contribution is 7.25. The Morgan fingerprint density at radius 2 is 1.76 bits per heavy atom. The summed E-state index contributed by atoms with van der Waals surface area (Å²) in [5.41, 5.74) is -2.44. The third-order valence-electron chi connectivity index (χ3n) is 4.32. The van der Waals surface area contributed by atoms with Gasteiger partial charge in [-0.3, -0.25) is 9.78 Å². The molecule has 3 heterocycles. The molecule has 7 nitrogen and oxygen atoms in total. The zero-order valence-corrected chi connectivity index (χ0v) is 15.7. The molecule has 0 aliphatic carbocycles. The molecule has 0 fully saturated rings. The summed E-state index contributed by atoms with van der Waals surface area (Å²) in [6.45, 7) is 0. The largest absolute Gasteiger partial charge is 0.493 e. The topological polar surface area (TPSA) is 97.1 Å².